The second kappa shape index (κ2) is 4.75. The summed E-state index contributed by atoms with van der Waals surface area (Å²) in [6, 6.07) is 8.37. The highest BCUT2D eigenvalue weighted by atomic mass is 32.1. The largest absolute Gasteiger partial charge is 0.328 e. The second-order valence-electron chi connectivity index (χ2n) is 4.91. The molecule has 2 N–H and O–H groups in total. The van der Waals surface area contributed by atoms with Crippen molar-refractivity contribution >= 4 is 16.3 Å². The van der Waals surface area contributed by atoms with Gasteiger partial charge in [0.1, 0.15) is 0 Å². The van der Waals surface area contributed by atoms with E-state index in [2.05, 4.69) is 34.5 Å². The van der Waals surface area contributed by atoms with Crippen molar-refractivity contribution in [2.24, 2.45) is 5.73 Å². The summed E-state index contributed by atoms with van der Waals surface area (Å²) < 4.78 is 1.91. The molecule has 0 fully saturated rings. The number of aryl methyl sites for hydroxylation is 1. The van der Waals surface area contributed by atoms with Crippen LogP contribution in [-0.2, 0) is 6.42 Å². The summed E-state index contributed by atoms with van der Waals surface area (Å²) >= 11 is 1.61. The van der Waals surface area contributed by atoms with E-state index in [0.717, 1.165) is 28.5 Å². The van der Waals surface area contributed by atoms with Crippen molar-refractivity contribution in [1.29, 1.82) is 0 Å². The van der Waals surface area contributed by atoms with Crippen molar-refractivity contribution in [3.05, 3.63) is 40.9 Å². The number of hydrogen-bond donors (Lipinski definition) is 1. The Kier molecular flexibility index (Phi) is 3.08. The molecule has 19 heavy (non-hydrogen) atoms. The lowest BCUT2D eigenvalue weighted by Crippen LogP contribution is -2.18. The van der Waals surface area contributed by atoms with Gasteiger partial charge < -0.3 is 5.73 Å². The van der Waals surface area contributed by atoms with E-state index in [1.54, 1.807) is 11.3 Å². The fraction of sp³-hybridized carbons (Fsp3) is 0.286. The van der Waals surface area contributed by atoms with Gasteiger partial charge in [0.15, 0.2) is 5.82 Å². The molecular formula is C14H16N4S. The zero-order valence-corrected chi connectivity index (χ0v) is 11.8. The lowest BCUT2D eigenvalue weighted by molar-refractivity contribution is 0.703. The standard InChI is InChI=1S/C14H16N4S/c1-9-4-3-5-11(6-9)13-16-14-18(17-13)12(8-19-14)7-10(2)15/h3-6,8,10H,7,15H2,1-2H3. The van der Waals surface area contributed by atoms with Gasteiger partial charge in [0, 0.05) is 23.4 Å². The fourth-order valence-corrected chi connectivity index (χ4v) is 2.94. The summed E-state index contributed by atoms with van der Waals surface area (Å²) in [6.45, 7) is 4.07. The molecule has 2 heterocycles. The van der Waals surface area contributed by atoms with E-state index in [1.807, 2.05) is 23.6 Å². The molecule has 1 atom stereocenters. The maximum atomic E-state index is 5.86. The minimum Gasteiger partial charge on any atom is -0.328 e. The average molecular weight is 272 g/mol. The Bertz CT molecular complexity index is 711. The molecule has 0 amide bonds. The molecule has 3 aromatic rings. The summed E-state index contributed by atoms with van der Waals surface area (Å²) in [7, 11) is 0. The molecule has 5 heteroatoms. The van der Waals surface area contributed by atoms with E-state index in [-0.39, 0.29) is 6.04 Å². The molecule has 0 aliphatic rings. The Morgan fingerprint density at radius 1 is 1.42 bits per heavy atom. The van der Waals surface area contributed by atoms with Crippen LogP contribution in [0.15, 0.2) is 29.6 Å². The van der Waals surface area contributed by atoms with Gasteiger partial charge in [-0.15, -0.1) is 16.4 Å². The monoisotopic (exact) mass is 272 g/mol. The lowest BCUT2D eigenvalue weighted by Gasteiger charge is -2.01. The van der Waals surface area contributed by atoms with Crippen LogP contribution in [0.25, 0.3) is 16.3 Å². The van der Waals surface area contributed by atoms with Crippen LogP contribution in [0.2, 0.25) is 0 Å². The maximum Gasteiger partial charge on any atom is 0.212 e. The molecule has 0 saturated heterocycles. The topological polar surface area (TPSA) is 56.2 Å². The minimum absolute atomic E-state index is 0.129. The van der Waals surface area contributed by atoms with Crippen molar-refractivity contribution in [2.75, 3.05) is 0 Å². The highest BCUT2D eigenvalue weighted by molar-refractivity contribution is 7.15. The van der Waals surface area contributed by atoms with Crippen LogP contribution in [0.1, 0.15) is 18.2 Å². The first-order chi connectivity index (χ1) is 9.13. The van der Waals surface area contributed by atoms with E-state index in [1.165, 1.54) is 5.56 Å². The molecule has 0 aliphatic heterocycles. The first-order valence-electron chi connectivity index (χ1n) is 6.29. The van der Waals surface area contributed by atoms with Crippen molar-refractivity contribution in [3.8, 4) is 11.4 Å². The first-order valence-corrected chi connectivity index (χ1v) is 7.17. The Morgan fingerprint density at radius 3 is 3.00 bits per heavy atom. The van der Waals surface area contributed by atoms with Crippen LogP contribution < -0.4 is 5.73 Å². The smallest absolute Gasteiger partial charge is 0.212 e. The zero-order chi connectivity index (χ0) is 13.4. The number of thiazole rings is 1. The van der Waals surface area contributed by atoms with Crippen LogP contribution >= 0.6 is 11.3 Å². The quantitative estimate of drug-likeness (QED) is 0.797. The number of hydrogen-bond acceptors (Lipinski definition) is 4. The highest BCUT2D eigenvalue weighted by Crippen LogP contribution is 2.22. The number of nitrogens with zero attached hydrogens (tertiary/aromatic N) is 3. The molecule has 1 unspecified atom stereocenters. The molecule has 3 rings (SSSR count). The molecule has 0 saturated carbocycles. The number of benzene rings is 1. The summed E-state index contributed by atoms with van der Waals surface area (Å²) in [4.78, 5) is 5.50. The van der Waals surface area contributed by atoms with Crippen LogP contribution in [0.3, 0.4) is 0 Å². The van der Waals surface area contributed by atoms with Gasteiger partial charge in [-0.05, 0) is 19.9 Å². The Morgan fingerprint density at radius 2 is 2.26 bits per heavy atom. The number of fused-ring (bicyclic) bond motifs is 1. The van der Waals surface area contributed by atoms with E-state index in [0.29, 0.717) is 0 Å². The first kappa shape index (κ1) is 12.3. The highest BCUT2D eigenvalue weighted by Gasteiger charge is 2.12. The molecule has 98 valence electrons. The molecule has 0 aliphatic carbocycles. The minimum atomic E-state index is 0.129. The Labute approximate surface area is 115 Å². The third-order valence-corrected chi connectivity index (χ3v) is 3.82. The Balaban J connectivity index is 2.04. The van der Waals surface area contributed by atoms with E-state index < -0.39 is 0 Å². The maximum absolute atomic E-state index is 5.86. The molecular weight excluding hydrogens is 256 g/mol. The van der Waals surface area contributed by atoms with Crippen LogP contribution in [-0.4, -0.2) is 20.6 Å². The average Bonchev–Trinajstić information content (AvgIpc) is 2.91. The third kappa shape index (κ3) is 2.39. The van der Waals surface area contributed by atoms with Crippen LogP contribution in [0, 0.1) is 6.92 Å². The second-order valence-corrected chi connectivity index (χ2v) is 5.74. The Hall–Kier alpha value is -1.72. The van der Waals surface area contributed by atoms with Gasteiger partial charge in [-0.3, -0.25) is 0 Å². The van der Waals surface area contributed by atoms with Crippen molar-refractivity contribution in [3.63, 3.8) is 0 Å². The predicted molar refractivity (Wildman–Crippen MR) is 78.4 cm³/mol. The van der Waals surface area contributed by atoms with Crippen molar-refractivity contribution < 1.29 is 0 Å². The molecule has 0 bridgehead atoms. The van der Waals surface area contributed by atoms with Gasteiger partial charge >= 0.3 is 0 Å². The number of rotatable bonds is 3. The van der Waals surface area contributed by atoms with Gasteiger partial charge in [0.2, 0.25) is 4.96 Å². The van der Waals surface area contributed by atoms with Crippen molar-refractivity contribution in [1.82, 2.24) is 14.6 Å². The predicted octanol–water partition coefficient (Wildman–Crippen LogP) is 2.66. The lowest BCUT2D eigenvalue weighted by atomic mass is 10.1. The number of nitrogens with two attached hydrogens (primary N) is 1. The number of aromatic nitrogens is 3. The third-order valence-electron chi connectivity index (χ3n) is 2.96. The normalized spacial score (nSPS) is 13.0. The van der Waals surface area contributed by atoms with Gasteiger partial charge in [0.25, 0.3) is 0 Å². The van der Waals surface area contributed by atoms with Crippen molar-refractivity contribution in [2.45, 2.75) is 26.3 Å². The summed E-state index contributed by atoms with van der Waals surface area (Å²) in [5, 5.41) is 6.68. The van der Waals surface area contributed by atoms with Gasteiger partial charge in [-0.25, -0.2) is 4.52 Å². The summed E-state index contributed by atoms with van der Waals surface area (Å²) in [5.74, 6) is 0.779. The SMILES string of the molecule is Cc1cccc(-c2nc3scc(CC(C)N)n3n2)c1. The van der Waals surface area contributed by atoms with E-state index in [9.17, 15) is 0 Å². The van der Waals surface area contributed by atoms with Gasteiger partial charge in [0.05, 0.1) is 5.69 Å². The summed E-state index contributed by atoms with van der Waals surface area (Å²) in [6.07, 6.45) is 0.816. The molecule has 4 nitrogen and oxygen atoms in total. The van der Waals surface area contributed by atoms with Crippen LogP contribution in [0.5, 0.6) is 0 Å². The zero-order valence-electron chi connectivity index (χ0n) is 11.0. The molecule has 2 aromatic heterocycles. The summed E-state index contributed by atoms with van der Waals surface area (Å²) in [5.41, 5.74) is 9.25. The van der Waals surface area contributed by atoms with E-state index >= 15 is 0 Å². The molecule has 0 radical (unpaired) electrons. The fourth-order valence-electron chi connectivity index (χ4n) is 2.10. The van der Waals surface area contributed by atoms with Gasteiger partial charge in [-0.1, -0.05) is 23.8 Å². The van der Waals surface area contributed by atoms with Crippen LogP contribution in [0.4, 0.5) is 0 Å². The van der Waals surface area contributed by atoms with E-state index in [4.69, 9.17) is 5.73 Å². The van der Waals surface area contributed by atoms with Gasteiger partial charge in [-0.2, -0.15) is 4.98 Å². The molecule has 0 spiro atoms. The molecule has 1 aromatic carbocycles.